The largest absolute Gasteiger partial charge is 0.457 e. The van der Waals surface area contributed by atoms with E-state index in [1.807, 2.05) is 54.6 Å². The highest BCUT2D eigenvalue weighted by Crippen LogP contribution is 2.21. The second-order valence-electron chi connectivity index (χ2n) is 5.62. The third kappa shape index (κ3) is 3.93. The Morgan fingerprint density at radius 1 is 1.08 bits per heavy atom. The summed E-state index contributed by atoms with van der Waals surface area (Å²) in [6.45, 7) is 2.99. The number of hydrogen-bond acceptors (Lipinski definition) is 4. The van der Waals surface area contributed by atoms with Crippen LogP contribution in [0.3, 0.4) is 0 Å². The van der Waals surface area contributed by atoms with Crippen molar-refractivity contribution in [2.24, 2.45) is 4.99 Å². The average Bonchev–Trinajstić information content (AvgIpc) is 2.63. The molecule has 124 valence electrons. The van der Waals surface area contributed by atoms with Crippen molar-refractivity contribution in [1.29, 1.82) is 0 Å². The molecule has 3 rings (SSSR count). The third-order valence-electron chi connectivity index (χ3n) is 3.76. The molecule has 24 heavy (non-hydrogen) atoms. The van der Waals surface area contributed by atoms with E-state index in [1.165, 1.54) is 0 Å². The van der Waals surface area contributed by atoms with Gasteiger partial charge in [0.25, 0.3) is 5.91 Å². The van der Waals surface area contributed by atoms with Crippen LogP contribution in [0, 0.1) is 0 Å². The summed E-state index contributed by atoms with van der Waals surface area (Å²) in [5, 5.41) is 1.65. The fourth-order valence-electron chi connectivity index (χ4n) is 2.42. The lowest BCUT2D eigenvalue weighted by Gasteiger charge is -2.28. The maximum atomic E-state index is 11.9. The van der Waals surface area contributed by atoms with E-state index in [-0.39, 0.29) is 12.5 Å². The van der Waals surface area contributed by atoms with Crippen molar-refractivity contribution in [2.45, 2.75) is 19.8 Å². The molecular weight excluding hydrogens is 302 g/mol. The van der Waals surface area contributed by atoms with Gasteiger partial charge in [-0.3, -0.25) is 20.2 Å². The summed E-state index contributed by atoms with van der Waals surface area (Å²) in [7, 11) is 0. The van der Waals surface area contributed by atoms with E-state index >= 15 is 0 Å². The number of nitrogens with zero attached hydrogens (tertiary/aromatic N) is 2. The summed E-state index contributed by atoms with van der Waals surface area (Å²) in [5.41, 5.74) is 4.05. The van der Waals surface area contributed by atoms with Gasteiger partial charge in [-0.1, -0.05) is 31.5 Å². The van der Waals surface area contributed by atoms with Gasteiger partial charge in [-0.05, 0) is 42.8 Å². The summed E-state index contributed by atoms with van der Waals surface area (Å²) in [5.74, 6) is 2.29. The lowest BCUT2D eigenvalue weighted by molar-refractivity contribution is -0.132. The number of hydrazine groups is 1. The van der Waals surface area contributed by atoms with Gasteiger partial charge >= 0.3 is 0 Å². The molecule has 0 bridgehead atoms. The minimum atomic E-state index is 0.0104. The van der Waals surface area contributed by atoms with Crippen LogP contribution in [0.1, 0.15) is 25.3 Å². The topological polar surface area (TPSA) is 53.9 Å². The van der Waals surface area contributed by atoms with E-state index < -0.39 is 0 Å². The molecule has 0 aliphatic carbocycles. The average molecular weight is 323 g/mol. The number of nitrogens with one attached hydrogen (secondary N) is 1. The van der Waals surface area contributed by atoms with Crippen LogP contribution in [0.5, 0.6) is 11.5 Å². The minimum absolute atomic E-state index is 0.0104. The van der Waals surface area contributed by atoms with Gasteiger partial charge in [-0.15, -0.1) is 0 Å². The smallest absolute Gasteiger partial charge is 0.262 e. The van der Waals surface area contributed by atoms with Gasteiger partial charge in [-0.2, -0.15) is 0 Å². The van der Waals surface area contributed by atoms with Crippen LogP contribution in [0.4, 0.5) is 0 Å². The maximum Gasteiger partial charge on any atom is 0.262 e. The molecule has 1 N–H and O–H groups in total. The quantitative estimate of drug-likeness (QED) is 0.887. The predicted molar refractivity (Wildman–Crippen MR) is 94.1 cm³/mol. The summed E-state index contributed by atoms with van der Waals surface area (Å²) in [6, 6.07) is 17.3. The Balaban J connectivity index is 1.68. The van der Waals surface area contributed by atoms with E-state index in [0.717, 1.165) is 35.7 Å². The second kappa shape index (κ2) is 7.64. The molecule has 0 saturated carbocycles. The zero-order chi connectivity index (χ0) is 16.8. The van der Waals surface area contributed by atoms with Crippen LogP contribution in [-0.4, -0.2) is 29.8 Å². The molecule has 0 radical (unpaired) electrons. The number of amides is 1. The SMILES string of the molecule is CCCCN1NC(c2ccc(Oc3ccccc3)cc2)=NCC1=O. The Morgan fingerprint density at radius 3 is 2.50 bits per heavy atom. The fraction of sp³-hybridized carbons (Fsp3) is 0.263. The molecule has 5 heteroatoms. The first-order valence-corrected chi connectivity index (χ1v) is 8.21. The van der Waals surface area contributed by atoms with Crippen molar-refractivity contribution in [3.63, 3.8) is 0 Å². The first-order valence-electron chi connectivity index (χ1n) is 8.21. The van der Waals surface area contributed by atoms with E-state index in [2.05, 4.69) is 17.3 Å². The molecule has 1 aliphatic heterocycles. The summed E-state index contributed by atoms with van der Waals surface area (Å²) < 4.78 is 5.79. The van der Waals surface area contributed by atoms with E-state index in [4.69, 9.17) is 4.74 Å². The summed E-state index contributed by atoms with van der Waals surface area (Å²) in [6.07, 6.45) is 2.01. The van der Waals surface area contributed by atoms with E-state index in [1.54, 1.807) is 5.01 Å². The van der Waals surface area contributed by atoms with Gasteiger partial charge < -0.3 is 4.74 Å². The number of para-hydroxylation sites is 1. The number of rotatable bonds is 6. The molecule has 0 saturated heterocycles. The van der Waals surface area contributed by atoms with Gasteiger partial charge in [0.05, 0.1) is 0 Å². The molecule has 1 heterocycles. The van der Waals surface area contributed by atoms with Gasteiger partial charge in [0, 0.05) is 12.1 Å². The highest BCUT2D eigenvalue weighted by Gasteiger charge is 2.20. The van der Waals surface area contributed by atoms with E-state index in [9.17, 15) is 4.79 Å². The van der Waals surface area contributed by atoms with Crippen molar-refractivity contribution in [1.82, 2.24) is 10.4 Å². The van der Waals surface area contributed by atoms with Crippen LogP contribution >= 0.6 is 0 Å². The molecule has 2 aromatic rings. The maximum absolute atomic E-state index is 11.9. The third-order valence-corrected chi connectivity index (χ3v) is 3.76. The van der Waals surface area contributed by atoms with Crippen molar-refractivity contribution >= 4 is 11.7 Å². The van der Waals surface area contributed by atoms with Crippen LogP contribution in [0.25, 0.3) is 0 Å². The summed E-state index contributed by atoms with van der Waals surface area (Å²) in [4.78, 5) is 16.2. The van der Waals surface area contributed by atoms with Crippen LogP contribution in [0.2, 0.25) is 0 Å². The molecule has 0 unspecified atom stereocenters. The molecule has 0 aromatic heterocycles. The number of aliphatic imine (C=N–C) groups is 1. The first-order chi connectivity index (χ1) is 11.8. The molecule has 0 fully saturated rings. The van der Waals surface area contributed by atoms with Gasteiger partial charge in [-0.25, -0.2) is 0 Å². The van der Waals surface area contributed by atoms with E-state index in [0.29, 0.717) is 6.54 Å². The molecule has 0 atom stereocenters. The standard InChI is InChI=1S/C19H21N3O2/c1-2-3-13-22-18(23)14-20-19(21-22)15-9-11-17(12-10-15)24-16-7-5-4-6-8-16/h4-12H,2-3,13-14H2,1H3,(H,20,21). The zero-order valence-electron chi connectivity index (χ0n) is 13.7. The monoisotopic (exact) mass is 323 g/mol. The van der Waals surface area contributed by atoms with Crippen molar-refractivity contribution in [3.05, 3.63) is 60.2 Å². The van der Waals surface area contributed by atoms with Crippen LogP contribution in [-0.2, 0) is 4.79 Å². The molecule has 2 aromatic carbocycles. The highest BCUT2D eigenvalue weighted by atomic mass is 16.5. The molecular formula is C19H21N3O2. The molecule has 1 aliphatic rings. The lowest BCUT2D eigenvalue weighted by Crippen LogP contribution is -2.51. The number of ether oxygens (including phenoxy) is 1. The van der Waals surface area contributed by atoms with Gasteiger partial charge in [0.2, 0.25) is 0 Å². The number of carbonyl (C=O) groups excluding carboxylic acids is 1. The fourth-order valence-corrected chi connectivity index (χ4v) is 2.42. The second-order valence-corrected chi connectivity index (χ2v) is 5.62. The number of carbonyl (C=O) groups is 1. The normalized spacial score (nSPS) is 14.1. The number of benzene rings is 2. The molecule has 1 amide bonds. The lowest BCUT2D eigenvalue weighted by atomic mass is 10.2. The van der Waals surface area contributed by atoms with Crippen molar-refractivity contribution in [3.8, 4) is 11.5 Å². The van der Waals surface area contributed by atoms with Gasteiger partial charge in [0.1, 0.15) is 23.9 Å². The Kier molecular flexibility index (Phi) is 5.11. The van der Waals surface area contributed by atoms with Crippen molar-refractivity contribution in [2.75, 3.05) is 13.1 Å². The molecule has 5 nitrogen and oxygen atoms in total. The van der Waals surface area contributed by atoms with Crippen LogP contribution < -0.4 is 10.2 Å². The highest BCUT2D eigenvalue weighted by molar-refractivity contribution is 6.02. The number of unbranched alkanes of at least 4 members (excludes halogenated alkanes) is 1. The Morgan fingerprint density at radius 2 is 1.79 bits per heavy atom. The Bertz CT molecular complexity index is 711. The Hall–Kier alpha value is -2.82. The predicted octanol–water partition coefficient (Wildman–Crippen LogP) is 3.37. The number of hydrogen-bond donors (Lipinski definition) is 1. The minimum Gasteiger partial charge on any atom is -0.457 e. The Labute approximate surface area is 141 Å². The molecule has 0 spiro atoms. The van der Waals surface area contributed by atoms with Gasteiger partial charge in [0.15, 0.2) is 0 Å². The number of amidine groups is 1. The summed E-state index contributed by atoms with van der Waals surface area (Å²) >= 11 is 0. The zero-order valence-corrected chi connectivity index (χ0v) is 13.7. The van der Waals surface area contributed by atoms with Crippen molar-refractivity contribution < 1.29 is 9.53 Å². The van der Waals surface area contributed by atoms with Crippen LogP contribution in [0.15, 0.2) is 59.6 Å². The first kappa shape index (κ1) is 16.1.